The van der Waals surface area contributed by atoms with Crippen molar-refractivity contribution in [3.8, 4) is 20.9 Å². The summed E-state index contributed by atoms with van der Waals surface area (Å²) in [5.74, 6) is 0. The van der Waals surface area contributed by atoms with Crippen LogP contribution < -0.4 is 0 Å². The molecule has 36 heavy (non-hydrogen) atoms. The third-order valence-electron chi connectivity index (χ3n) is 6.80. The van der Waals surface area contributed by atoms with E-state index in [4.69, 9.17) is 0 Å². The molecule has 0 fully saturated rings. The van der Waals surface area contributed by atoms with Gasteiger partial charge in [0, 0.05) is 9.75 Å². The highest BCUT2D eigenvalue weighted by atomic mass is 32.1. The predicted molar refractivity (Wildman–Crippen MR) is 164 cm³/mol. The number of aryl methyl sites for hydroxylation is 2. The maximum absolute atomic E-state index is 2.38. The zero-order chi connectivity index (χ0) is 25.0. The molecule has 2 heteroatoms. The van der Waals surface area contributed by atoms with Crippen molar-refractivity contribution in [2.75, 3.05) is 0 Å². The highest BCUT2D eigenvalue weighted by molar-refractivity contribution is 7.14. The van der Waals surface area contributed by atoms with Crippen LogP contribution in [0, 0.1) is 0 Å². The monoisotopic (exact) mass is 512 g/mol. The average molecular weight is 513 g/mol. The van der Waals surface area contributed by atoms with Gasteiger partial charge >= 0.3 is 0 Å². The fourth-order valence-corrected chi connectivity index (χ4v) is 6.45. The van der Waals surface area contributed by atoms with E-state index < -0.39 is 0 Å². The second-order valence-electron chi connectivity index (χ2n) is 9.84. The molecule has 188 valence electrons. The van der Waals surface area contributed by atoms with Crippen LogP contribution in [0.15, 0.2) is 71.4 Å². The molecule has 0 atom stereocenters. The Morgan fingerprint density at radius 3 is 1.33 bits per heavy atom. The summed E-state index contributed by atoms with van der Waals surface area (Å²) < 4.78 is 0. The van der Waals surface area contributed by atoms with Crippen LogP contribution in [-0.2, 0) is 12.8 Å². The lowest BCUT2D eigenvalue weighted by Gasteiger charge is -2.01. The molecule has 0 spiro atoms. The first-order chi connectivity index (χ1) is 17.7. The van der Waals surface area contributed by atoms with Gasteiger partial charge in [0.05, 0.1) is 0 Å². The van der Waals surface area contributed by atoms with Crippen LogP contribution in [0.5, 0.6) is 0 Å². The third kappa shape index (κ3) is 8.05. The van der Waals surface area contributed by atoms with Gasteiger partial charge in [0.25, 0.3) is 0 Å². The van der Waals surface area contributed by atoms with E-state index in [9.17, 15) is 0 Å². The average Bonchev–Trinajstić information content (AvgIpc) is 3.59. The van der Waals surface area contributed by atoms with E-state index in [-0.39, 0.29) is 0 Å². The molecule has 0 aliphatic heterocycles. The lowest BCUT2D eigenvalue weighted by atomic mass is 10.1. The van der Waals surface area contributed by atoms with Crippen molar-refractivity contribution in [1.29, 1.82) is 0 Å². The molecular formula is C34H40S2. The maximum Gasteiger partial charge on any atom is 0.0345 e. The van der Waals surface area contributed by atoms with E-state index >= 15 is 0 Å². The molecule has 0 aliphatic carbocycles. The molecular weight excluding hydrogens is 473 g/mol. The highest BCUT2D eigenvalue weighted by Gasteiger charge is 2.04. The van der Waals surface area contributed by atoms with Gasteiger partial charge in [-0.25, -0.2) is 0 Å². The number of benzene rings is 2. The molecule has 2 heterocycles. The second kappa shape index (κ2) is 14.4. The summed E-state index contributed by atoms with van der Waals surface area (Å²) in [6.07, 6.45) is 17.5. The summed E-state index contributed by atoms with van der Waals surface area (Å²) in [6, 6.07) is 22.7. The first-order valence-electron chi connectivity index (χ1n) is 13.8. The number of rotatable bonds is 14. The van der Waals surface area contributed by atoms with Gasteiger partial charge in [-0.1, -0.05) is 113 Å². The molecule has 0 N–H and O–H groups in total. The number of hydrogen-bond acceptors (Lipinski definition) is 2. The second-order valence-corrected chi connectivity index (χ2v) is 11.7. The molecule has 0 saturated heterocycles. The van der Waals surface area contributed by atoms with Crippen molar-refractivity contribution in [2.24, 2.45) is 0 Å². The van der Waals surface area contributed by atoms with E-state index in [1.807, 2.05) is 22.7 Å². The van der Waals surface area contributed by atoms with E-state index in [0.29, 0.717) is 0 Å². The predicted octanol–water partition coefficient (Wildman–Crippen LogP) is 11.6. The Kier molecular flexibility index (Phi) is 10.6. The van der Waals surface area contributed by atoms with Gasteiger partial charge in [-0.2, -0.15) is 0 Å². The standard InChI is InChI=1S/C34H40S2/c1-3-5-7-9-11-29-23-33(35-25-29)31-19-15-27(16-20-31)13-14-28-17-21-32(22-18-28)34-24-30(26-36-34)12-10-8-6-4-2/h13-26H,3-12H2,1-2H3. The van der Waals surface area contributed by atoms with Crippen LogP contribution >= 0.6 is 22.7 Å². The van der Waals surface area contributed by atoms with Crippen molar-refractivity contribution < 1.29 is 0 Å². The maximum atomic E-state index is 2.38. The number of thiophene rings is 2. The van der Waals surface area contributed by atoms with Gasteiger partial charge in [0.1, 0.15) is 0 Å². The van der Waals surface area contributed by atoms with Gasteiger partial charge in [-0.05, 0) is 82.0 Å². The molecule has 4 aromatic rings. The minimum absolute atomic E-state index is 1.21. The van der Waals surface area contributed by atoms with Gasteiger partial charge < -0.3 is 0 Å². The summed E-state index contributed by atoms with van der Waals surface area (Å²) in [6.45, 7) is 4.54. The molecule has 2 aromatic carbocycles. The lowest BCUT2D eigenvalue weighted by Crippen LogP contribution is -1.82. The van der Waals surface area contributed by atoms with Crippen LogP contribution in [0.2, 0.25) is 0 Å². The fraction of sp³-hybridized carbons (Fsp3) is 0.353. The van der Waals surface area contributed by atoms with Crippen molar-refractivity contribution in [1.82, 2.24) is 0 Å². The number of unbranched alkanes of at least 4 members (excludes halogenated alkanes) is 6. The lowest BCUT2D eigenvalue weighted by molar-refractivity contribution is 0.667. The Labute approximate surface area is 226 Å². The molecule has 0 aliphatic rings. The van der Waals surface area contributed by atoms with Crippen LogP contribution in [0.3, 0.4) is 0 Å². The van der Waals surface area contributed by atoms with Crippen LogP contribution in [0.1, 0.15) is 87.5 Å². The zero-order valence-corrected chi connectivity index (χ0v) is 23.6. The Morgan fingerprint density at radius 1 is 0.528 bits per heavy atom. The van der Waals surface area contributed by atoms with Crippen molar-refractivity contribution in [3.63, 3.8) is 0 Å². The van der Waals surface area contributed by atoms with Gasteiger partial charge in [-0.15, -0.1) is 22.7 Å². The molecule has 0 unspecified atom stereocenters. The SMILES string of the molecule is CCCCCCc1csc(-c2ccc(C=Cc3ccc(-c4cc(CCCCCC)cs4)cc3)cc2)c1. The minimum Gasteiger partial charge on any atom is -0.144 e. The Hall–Kier alpha value is -2.42. The first kappa shape index (κ1) is 26.6. The summed E-state index contributed by atoms with van der Waals surface area (Å²) >= 11 is 3.74. The number of hydrogen-bond donors (Lipinski definition) is 0. The molecule has 2 aromatic heterocycles. The third-order valence-corrected chi connectivity index (χ3v) is 8.86. The summed E-state index contributed by atoms with van der Waals surface area (Å²) in [5.41, 5.74) is 8.10. The minimum atomic E-state index is 1.21. The zero-order valence-electron chi connectivity index (χ0n) is 22.0. The van der Waals surface area contributed by atoms with Crippen LogP contribution in [0.4, 0.5) is 0 Å². The first-order valence-corrected chi connectivity index (χ1v) is 15.5. The molecule has 0 saturated carbocycles. The summed E-state index contributed by atoms with van der Waals surface area (Å²) in [4.78, 5) is 2.76. The normalized spacial score (nSPS) is 11.5. The quantitative estimate of drug-likeness (QED) is 0.116. The largest absolute Gasteiger partial charge is 0.144 e. The van der Waals surface area contributed by atoms with E-state index in [1.165, 1.54) is 107 Å². The van der Waals surface area contributed by atoms with Gasteiger partial charge in [0.2, 0.25) is 0 Å². The smallest absolute Gasteiger partial charge is 0.0345 e. The molecule has 0 nitrogen and oxygen atoms in total. The fourth-order valence-electron chi connectivity index (χ4n) is 4.54. The topological polar surface area (TPSA) is 0 Å². The molecule has 4 rings (SSSR count). The summed E-state index contributed by atoms with van der Waals surface area (Å²) in [7, 11) is 0. The van der Waals surface area contributed by atoms with Crippen molar-refractivity contribution >= 4 is 34.8 Å². The van der Waals surface area contributed by atoms with E-state index in [1.54, 1.807) is 0 Å². The van der Waals surface area contributed by atoms with Crippen molar-refractivity contribution in [2.45, 2.75) is 78.1 Å². The van der Waals surface area contributed by atoms with E-state index in [2.05, 4.69) is 97.4 Å². The Balaban J connectivity index is 1.30. The summed E-state index contributed by atoms with van der Waals surface area (Å²) in [5, 5.41) is 4.67. The van der Waals surface area contributed by atoms with Crippen LogP contribution in [0.25, 0.3) is 33.0 Å². The van der Waals surface area contributed by atoms with Gasteiger partial charge in [0.15, 0.2) is 0 Å². The Bertz CT molecular complexity index is 1090. The molecule has 0 radical (unpaired) electrons. The van der Waals surface area contributed by atoms with Crippen molar-refractivity contribution in [3.05, 3.63) is 93.7 Å². The Morgan fingerprint density at radius 2 is 0.944 bits per heavy atom. The molecule has 0 bridgehead atoms. The van der Waals surface area contributed by atoms with E-state index in [0.717, 1.165) is 0 Å². The highest BCUT2D eigenvalue weighted by Crippen LogP contribution is 2.30. The molecule has 0 amide bonds. The van der Waals surface area contributed by atoms with Crippen LogP contribution in [-0.4, -0.2) is 0 Å². The van der Waals surface area contributed by atoms with Gasteiger partial charge in [-0.3, -0.25) is 0 Å².